The van der Waals surface area contributed by atoms with Crippen molar-refractivity contribution < 1.29 is 8.42 Å². The van der Waals surface area contributed by atoms with Crippen molar-refractivity contribution in [1.29, 1.82) is 0 Å². The summed E-state index contributed by atoms with van der Waals surface area (Å²) >= 11 is 0. The predicted octanol–water partition coefficient (Wildman–Crippen LogP) is 0.555. The predicted molar refractivity (Wildman–Crippen MR) is 64.9 cm³/mol. The van der Waals surface area contributed by atoms with Crippen LogP contribution in [0.15, 0.2) is 24.3 Å². The van der Waals surface area contributed by atoms with Gasteiger partial charge in [-0.05, 0) is 11.6 Å². The van der Waals surface area contributed by atoms with E-state index in [-0.39, 0.29) is 6.54 Å². The first-order valence-electron chi connectivity index (χ1n) is 5.01. The number of nitrogens with one attached hydrogen (secondary N) is 1. The maximum Gasteiger partial charge on any atom is 0.279 e. The normalized spacial score (nSPS) is 11.9. The minimum Gasteiger partial charge on any atom is -0.398 e. The number of nitrogen functional groups attached to an aromatic ring is 1. The van der Waals surface area contributed by atoms with Crippen LogP contribution >= 0.6 is 0 Å². The molecule has 0 heterocycles. The maximum atomic E-state index is 11.6. The highest BCUT2D eigenvalue weighted by molar-refractivity contribution is 7.87. The third kappa shape index (κ3) is 3.19. The SMILES string of the molecule is CCNS(=O)(=O)N(C)Cc1ccccc1N. The Labute approximate surface area is 96.4 Å². The van der Waals surface area contributed by atoms with E-state index < -0.39 is 10.2 Å². The lowest BCUT2D eigenvalue weighted by Crippen LogP contribution is -2.37. The van der Waals surface area contributed by atoms with E-state index in [1.807, 2.05) is 18.2 Å². The molecule has 0 amide bonds. The molecular formula is C10H17N3O2S. The summed E-state index contributed by atoms with van der Waals surface area (Å²) in [6.07, 6.45) is 0. The first kappa shape index (κ1) is 13.0. The lowest BCUT2D eigenvalue weighted by atomic mass is 10.2. The summed E-state index contributed by atoms with van der Waals surface area (Å²) in [4.78, 5) is 0. The lowest BCUT2D eigenvalue weighted by molar-refractivity contribution is 0.457. The third-order valence-corrected chi connectivity index (χ3v) is 3.79. The second-order valence-corrected chi connectivity index (χ2v) is 5.32. The molecule has 16 heavy (non-hydrogen) atoms. The Balaban J connectivity index is 2.79. The molecule has 0 aliphatic rings. The van der Waals surface area contributed by atoms with Gasteiger partial charge in [-0.3, -0.25) is 0 Å². The van der Waals surface area contributed by atoms with Crippen LogP contribution in [0.3, 0.4) is 0 Å². The van der Waals surface area contributed by atoms with E-state index in [4.69, 9.17) is 5.73 Å². The average Bonchev–Trinajstić information content (AvgIpc) is 2.21. The highest BCUT2D eigenvalue weighted by Crippen LogP contribution is 2.13. The Kier molecular flexibility index (Phi) is 4.28. The van der Waals surface area contributed by atoms with Crippen molar-refractivity contribution in [2.45, 2.75) is 13.5 Å². The summed E-state index contributed by atoms with van der Waals surface area (Å²) in [5, 5.41) is 0. The highest BCUT2D eigenvalue weighted by atomic mass is 32.2. The minimum absolute atomic E-state index is 0.266. The van der Waals surface area contributed by atoms with E-state index in [1.54, 1.807) is 13.0 Å². The molecule has 0 atom stereocenters. The van der Waals surface area contributed by atoms with Crippen LogP contribution in [0.5, 0.6) is 0 Å². The molecule has 0 fully saturated rings. The van der Waals surface area contributed by atoms with Crippen LogP contribution in [0.1, 0.15) is 12.5 Å². The van der Waals surface area contributed by atoms with Crippen molar-refractivity contribution in [1.82, 2.24) is 9.03 Å². The van der Waals surface area contributed by atoms with E-state index in [2.05, 4.69) is 4.72 Å². The summed E-state index contributed by atoms with van der Waals surface area (Å²) in [6.45, 7) is 2.38. The maximum absolute atomic E-state index is 11.6. The molecule has 0 aliphatic carbocycles. The van der Waals surface area contributed by atoms with Gasteiger partial charge in [-0.2, -0.15) is 12.7 Å². The summed E-state index contributed by atoms with van der Waals surface area (Å²) in [6, 6.07) is 7.22. The zero-order valence-electron chi connectivity index (χ0n) is 9.47. The van der Waals surface area contributed by atoms with Crippen LogP contribution < -0.4 is 10.5 Å². The highest BCUT2D eigenvalue weighted by Gasteiger charge is 2.16. The van der Waals surface area contributed by atoms with Crippen molar-refractivity contribution in [3.8, 4) is 0 Å². The van der Waals surface area contributed by atoms with Gasteiger partial charge in [0, 0.05) is 25.8 Å². The van der Waals surface area contributed by atoms with Crippen molar-refractivity contribution in [2.24, 2.45) is 0 Å². The number of nitrogens with zero attached hydrogens (tertiary/aromatic N) is 1. The zero-order chi connectivity index (χ0) is 12.2. The molecule has 1 aromatic carbocycles. The largest absolute Gasteiger partial charge is 0.398 e. The molecule has 0 saturated carbocycles. The van der Waals surface area contributed by atoms with Gasteiger partial charge in [-0.25, -0.2) is 4.72 Å². The second kappa shape index (κ2) is 5.29. The molecule has 0 aliphatic heterocycles. The van der Waals surface area contributed by atoms with E-state index >= 15 is 0 Å². The van der Waals surface area contributed by atoms with Crippen LogP contribution in [0.2, 0.25) is 0 Å². The van der Waals surface area contributed by atoms with Gasteiger partial charge < -0.3 is 5.73 Å². The van der Waals surface area contributed by atoms with Crippen molar-refractivity contribution in [3.05, 3.63) is 29.8 Å². The van der Waals surface area contributed by atoms with Crippen LogP contribution in [-0.2, 0) is 16.8 Å². The molecule has 0 saturated heterocycles. The number of para-hydroxylation sites is 1. The minimum atomic E-state index is -3.40. The number of nitrogens with two attached hydrogens (primary N) is 1. The number of hydrogen-bond acceptors (Lipinski definition) is 3. The zero-order valence-corrected chi connectivity index (χ0v) is 10.3. The molecular weight excluding hydrogens is 226 g/mol. The second-order valence-electron chi connectivity index (χ2n) is 3.46. The van der Waals surface area contributed by atoms with Gasteiger partial charge in [0.05, 0.1) is 0 Å². The molecule has 1 rings (SSSR count). The van der Waals surface area contributed by atoms with Crippen molar-refractivity contribution >= 4 is 15.9 Å². The Morgan fingerprint density at radius 2 is 2.00 bits per heavy atom. The van der Waals surface area contributed by atoms with Gasteiger partial charge in [0.25, 0.3) is 10.2 Å². The van der Waals surface area contributed by atoms with E-state index in [0.29, 0.717) is 12.2 Å². The molecule has 6 heteroatoms. The van der Waals surface area contributed by atoms with Gasteiger partial charge in [0.15, 0.2) is 0 Å². The van der Waals surface area contributed by atoms with E-state index in [1.165, 1.54) is 11.4 Å². The fraction of sp³-hybridized carbons (Fsp3) is 0.400. The third-order valence-electron chi connectivity index (χ3n) is 2.19. The van der Waals surface area contributed by atoms with Gasteiger partial charge in [-0.1, -0.05) is 25.1 Å². The topological polar surface area (TPSA) is 75.4 Å². The van der Waals surface area contributed by atoms with Crippen LogP contribution in [0.4, 0.5) is 5.69 Å². The first-order chi connectivity index (χ1) is 7.47. The average molecular weight is 243 g/mol. The number of benzene rings is 1. The Morgan fingerprint density at radius 3 is 2.56 bits per heavy atom. The Bertz CT molecular complexity index is 445. The van der Waals surface area contributed by atoms with Crippen LogP contribution in [0, 0.1) is 0 Å². The van der Waals surface area contributed by atoms with Gasteiger partial charge in [0.1, 0.15) is 0 Å². The molecule has 0 unspecified atom stereocenters. The molecule has 0 bridgehead atoms. The van der Waals surface area contributed by atoms with Gasteiger partial charge in [0.2, 0.25) is 0 Å². The Morgan fingerprint density at radius 1 is 1.38 bits per heavy atom. The molecule has 0 radical (unpaired) electrons. The number of anilines is 1. The van der Waals surface area contributed by atoms with Crippen molar-refractivity contribution in [3.63, 3.8) is 0 Å². The quantitative estimate of drug-likeness (QED) is 0.742. The lowest BCUT2D eigenvalue weighted by Gasteiger charge is -2.17. The summed E-state index contributed by atoms with van der Waals surface area (Å²) < 4.78 is 26.9. The van der Waals surface area contributed by atoms with E-state index in [9.17, 15) is 8.42 Å². The van der Waals surface area contributed by atoms with Crippen LogP contribution in [-0.4, -0.2) is 26.3 Å². The number of rotatable bonds is 5. The summed E-state index contributed by atoms with van der Waals surface area (Å²) in [5.41, 5.74) is 7.14. The number of hydrogen-bond donors (Lipinski definition) is 2. The molecule has 0 spiro atoms. The molecule has 90 valence electrons. The fourth-order valence-electron chi connectivity index (χ4n) is 1.30. The summed E-state index contributed by atoms with van der Waals surface area (Å²) in [7, 11) is -1.88. The molecule has 1 aromatic rings. The summed E-state index contributed by atoms with van der Waals surface area (Å²) in [5.74, 6) is 0. The van der Waals surface area contributed by atoms with Gasteiger partial charge >= 0.3 is 0 Å². The Hall–Kier alpha value is -1.11. The van der Waals surface area contributed by atoms with Crippen molar-refractivity contribution in [2.75, 3.05) is 19.3 Å². The molecule has 3 N–H and O–H groups in total. The monoisotopic (exact) mass is 243 g/mol. The molecule has 0 aromatic heterocycles. The first-order valence-corrected chi connectivity index (χ1v) is 6.45. The smallest absolute Gasteiger partial charge is 0.279 e. The molecule has 5 nitrogen and oxygen atoms in total. The fourth-order valence-corrected chi connectivity index (χ4v) is 2.19. The standard InChI is InChI=1S/C10H17N3O2S/c1-3-12-16(14,15)13(2)8-9-6-4-5-7-10(9)11/h4-7,12H,3,8,11H2,1-2H3. The van der Waals surface area contributed by atoms with Gasteiger partial charge in [-0.15, -0.1) is 0 Å². The van der Waals surface area contributed by atoms with E-state index in [0.717, 1.165) is 5.56 Å². The van der Waals surface area contributed by atoms with Crippen LogP contribution in [0.25, 0.3) is 0 Å².